The molecule has 1 N–H and O–H groups in total. The zero-order valence-corrected chi connectivity index (χ0v) is 10.9. The fraction of sp³-hybridized carbons (Fsp3) is 0.583. The Balaban J connectivity index is 2.28. The van der Waals surface area contributed by atoms with Crippen LogP contribution in [-0.2, 0) is 4.74 Å². The lowest BCUT2D eigenvalue weighted by Crippen LogP contribution is -2.22. The third-order valence-corrected chi connectivity index (χ3v) is 3.76. The quantitative estimate of drug-likeness (QED) is 0.875. The summed E-state index contributed by atoms with van der Waals surface area (Å²) in [4.78, 5) is 5.77. The van der Waals surface area contributed by atoms with Gasteiger partial charge in [-0.1, -0.05) is 6.92 Å². The van der Waals surface area contributed by atoms with Crippen LogP contribution in [0, 0.1) is 13.8 Å². The molecule has 1 aromatic rings. The average Bonchev–Trinajstić information content (AvgIpc) is 2.85. The molecule has 88 valence electrons. The SMILES string of the molecule is CCNC(C1=CCCO1)c1sc(C)nc1C. The normalized spacial score (nSPS) is 17.1. The fourth-order valence-corrected chi connectivity index (χ4v) is 2.99. The van der Waals surface area contributed by atoms with Gasteiger partial charge in [0.25, 0.3) is 0 Å². The lowest BCUT2D eigenvalue weighted by molar-refractivity contribution is 0.216. The lowest BCUT2D eigenvalue weighted by atomic mass is 10.1. The van der Waals surface area contributed by atoms with E-state index in [0.717, 1.165) is 36.0 Å². The van der Waals surface area contributed by atoms with E-state index in [2.05, 4.69) is 30.2 Å². The van der Waals surface area contributed by atoms with E-state index >= 15 is 0 Å². The van der Waals surface area contributed by atoms with Crippen LogP contribution in [0.3, 0.4) is 0 Å². The minimum atomic E-state index is 0.193. The van der Waals surface area contributed by atoms with E-state index in [4.69, 9.17) is 4.74 Å². The number of nitrogens with zero attached hydrogens (tertiary/aromatic N) is 1. The maximum absolute atomic E-state index is 5.66. The molecule has 16 heavy (non-hydrogen) atoms. The molecule has 0 saturated carbocycles. The maximum atomic E-state index is 5.66. The van der Waals surface area contributed by atoms with Crippen molar-refractivity contribution in [2.75, 3.05) is 13.2 Å². The highest BCUT2D eigenvalue weighted by Crippen LogP contribution is 2.32. The Hall–Kier alpha value is -0.870. The number of thiazole rings is 1. The van der Waals surface area contributed by atoms with E-state index in [-0.39, 0.29) is 6.04 Å². The number of likely N-dealkylation sites (N-methyl/N-ethyl adjacent to an activating group) is 1. The first-order valence-electron chi connectivity index (χ1n) is 5.72. The van der Waals surface area contributed by atoms with Gasteiger partial charge in [-0.2, -0.15) is 0 Å². The van der Waals surface area contributed by atoms with Crippen molar-refractivity contribution in [1.82, 2.24) is 10.3 Å². The zero-order valence-electron chi connectivity index (χ0n) is 10.0. The van der Waals surface area contributed by atoms with Crippen LogP contribution in [0.15, 0.2) is 11.8 Å². The molecular formula is C12H18N2OS. The zero-order chi connectivity index (χ0) is 11.5. The summed E-state index contributed by atoms with van der Waals surface area (Å²) in [5.41, 5.74) is 1.12. The van der Waals surface area contributed by atoms with Crippen LogP contribution in [-0.4, -0.2) is 18.1 Å². The monoisotopic (exact) mass is 238 g/mol. The molecule has 0 spiro atoms. The van der Waals surface area contributed by atoms with Crippen LogP contribution in [0.4, 0.5) is 0 Å². The van der Waals surface area contributed by atoms with Crippen LogP contribution < -0.4 is 5.32 Å². The van der Waals surface area contributed by atoms with Crippen molar-refractivity contribution in [3.63, 3.8) is 0 Å². The molecule has 0 saturated heterocycles. The largest absolute Gasteiger partial charge is 0.496 e. The van der Waals surface area contributed by atoms with Gasteiger partial charge in [0.1, 0.15) is 11.8 Å². The summed E-state index contributed by atoms with van der Waals surface area (Å²) in [5.74, 6) is 1.06. The van der Waals surface area contributed by atoms with E-state index in [1.165, 1.54) is 4.88 Å². The first-order valence-corrected chi connectivity index (χ1v) is 6.54. The molecule has 0 amide bonds. The lowest BCUT2D eigenvalue weighted by Gasteiger charge is -2.18. The molecule has 0 fully saturated rings. The summed E-state index contributed by atoms with van der Waals surface area (Å²) >= 11 is 1.75. The molecule has 2 heterocycles. The fourth-order valence-electron chi connectivity index (χ4n) is 1.98. The molecule has 3 nitrogen and oxygen atoms in total. The molecule has 0 aromatic carbocycles. The van der Waals surface area contributed by atoms with Gasteiger partial charge in [-0.05, 0) is 26.5 Å². The summed E-state index contributed by atoms with van der Waals surface area (Å²) in [6, 6.07) is 0.193. The summed E-state index contributed by atoms with van der Waals surface area (Å²) in [6.45, 7) is 7.98. The number of ether oxygens (including phenoxy) is 1. The predicted molar refractivity (Wildman–Crippen MR) is 66.7 cm³/mol. The van der Waals surface area contributed by atoms with E-state index in [9.17, 15) is 0 Å². The van der Waals surface area contributed by atoms with Gasteiger partial charge in [0, 0.05) is 6.42 Å². The van der Waals surface area contributed by atoms with E-state index in [0.29, 0.717) is 0 Å². The second-order valence-electron chi connectivity index (χ2n) is 3.92. The second-order valence-corrected chi connectivity index (χ2v) is 5.15. The molecule has 1 unspecified atom stereocenters. The molecule has 1 aromatic heterocycles. The second kappa shape index (κ2) is 4.97. The van der Waals surface area contributed by atoms with Gasteiger partial charge < -0.3 is 10.1 Å². The standard InChI is InChI=1S/C12H18N2OS/c1-4-13-11(10-6-5-7-15-10)12-8(2)14-9(3)16-12/h6,11,13H,4-5,7H2,1-3H3. The van der Waals surface area contributed by atoms with Crippen LogP contribution >= 0.6 is 11.3 Å². The van der Waals surface area contributed by atoms with Crippen molar-refractivity contribution in [1.29, 1.82) is 0 Å². The Kier molecular flexibility index (Phi) is 3.61. The molecule has 1 aliphatic heterocycles. The van der Waals surface area contributed by atoms with Crippen molar-refractivity contribution in [3.8, 4) is 0 Å². The van der Waals surface area contributed by atoms with Crippen LogP contribution in [0.5, 0.6) is 0 Å². The third-order valence-electron chi connectivity index (χ3n) is 2.63. The predicted octanol–water partition coefficient (Wildman–Crippen LogP) is 2.71. The first-order chi connectivity index (χ1) is 7.72. The van der Waals surface area contributed by atoms with Gasteiger partial charge in [-0.15, -0.1) is 11.3 Å². The van der Waals surface area contributed by atoms with Gasteiger partial charge in [-0.3, -0.25) is 0 Å². The summed E-state index contributed by atoms with van der Waals surface area (Å²) in [6.07, 6.45) is 3.20. The molecule has 2 rings (SSSR count). The highest BCUT2D eigenvalue weighted by atomic mass is 32.1. The Bertz CT molecular complexity index is 398. The maximum Gasteiger partial charge on any atom is 0.114 e. The summed E-state index contributed by atoms with van der Waals surface area (Å²) < 4.78 is 5.66. The summed E-state index contributed by atoms with van der Waals surface area (Å²) in [7, 11) is 0. The number of aryl methyl sites for hydroxylation is 2. The highest BCUT2D eigenvalue weighted by Gasteiger charge is 2.23. The number of aromatic nitrogens is 1. The van der Waals surface area contributed by atoms with Crippen LogP contribution in [0.25, 0.3) is 0 Å². The number of rotatable bonds is 4. The molecule has 4 heteroatoms. The molecule has 0 radical (unpaired) electrons. The molecule has 0 aliphatic carbocycles. The van der Waals surface area contributed by atoms with Crippen molar-refractivity contribution < 1.29 is 4.74 Å². The molecule has 1 atom stereocenters. The number of hydrogen-bond donors (Lipinski definition) is 1. The molecule has 1 aliphatic rings. The Morgan fingerprint density at radius 3 is 2.88 bits per heavy atom. The topological polar surface area (TPSA) is 34.1 Å². The van der Waals surface area contributed by atoms with Gasteiger partial charge >= 0.3 is 0 Å². The molecule has 0 bridgehead atoms. The van der Waals surface area contributed by atoms with Crippen molar-refractivity contribution >= 4 is 11.3 Å². The first kappa shape index (κ1) is 11.6. The Morgan fingerprint density at radius 1 is 1.56 bits per heavy atom. The van der Waals surface area contributed by atoms with Gasteiger partial charge in [-0.25, -0.2) is 4.98 Å². The third kappa shape index (κ3) is 2.28. The van der Waals surface area contributed by atoms with E-state index in [1.54, 1.807) is 11.3 Å². The Labute approximate surface area is 101 Å². The van der Waals surface area contributed by atoms with Crippen molar-refractivity contribution in [2.24, 2.45) is 0 Å². The number of hydrogen-bond acceptors (Lipinski definition) is 4. The van der Waals surface area contributed by atoms with Crippen LogP contribution in [0.1, 0.15) is 35.0 Å². The van der Waals surface area contributed by atoms with Crippen LogP contribution in [0.2, 0.25) is 0 Å². The average molecular weight is 238 g/mol. The van der Waals surface area contributed by atoms with Crippen molar-refractivity contribution in [2.45, 2.75) is 33.2 Å². The van der Waals surface area contributed by atoms with Crippen molar-refractivity contribution in [3.05, 3.63) is 27.4 Å². The minimum Gasteiger partial charge on any atom is -0.496 e. The molecular weight excluding hydrogens is 220 g/mol. The Morgan fingerprint density at radius 2 is 2.38 bits per heavy atom. The van der Waals surface area contributed by atoms with Gasteiger partial charge in [0.15, 0.2) is 0 Å². The smallest absolute Gasteiger partial charge is 0.114 e. The number of nitrogens with one attached hydrogen (secondary N) is 1. The minimum absolute atomic E-state index is 0.193. The van der Waals surface area contributed by atoms with E-state index in [1.807, 2.05) is 6.92 Å². The highest BCUT2D eigenvalue weighted by molar-refractivity contribution is 7.11. The summed E-state index contributed by atoms with van der Waals surface area (Å²) in [5, 5.41) is 4.59. The van der Waals surface area contributed by atoms with Gasteiger partial charge in [0.2, 0.25) is 0 Å². The van der Waals surface area contributed by atoms with Gasteiger partial charge in [0.05, 0.1) is 22.2 Å². The van der Waals surface area contributed by atoms with E-state index < -0.39 is 0 Å².